The molecule has 4 nitrogen and oxygen atoms in total. The molecular weight excluding hydrogens is 264 g/mol. The number of pyridine rings is 1. The Morgan fingerprint density at radius 3 is 2.19 bits per heavy atom. The number of aromatic nitrogens is 1. The quantitative estimate of drug-likeness (QED) is 0.906. The maximum absolute atomic E-state index is 12.1. The van der Waals surface area contributed by atoms with Crippen LogP contribution in [-0.4, -0.2) is 10.9 Å². The van der Waals surface area contributed by atoms with Gasteiger partial charge in [-0.25, -0.2) is 0 Å². The summed E-state index contributed by atoms with van der Waals surface area (Å²) < 4.78 is 0. The molecule has 0 fully saturated rings. The van der Waals surface area contributed by atoms with Crippen LogP contribution in [0.5, 0.6) is 0 Å². The van der Waals surface area contributed by atoms with E-state index in [4.69, 9.17) is 0 Å². The fraction of sp³-hybridized carbons (Fsp3) is 0.294. The van der Waals surface area contributed by atoms with Gasteiger partial charge in [-0.2, -0.15) is 0 Å². The number of amides is 1. The molecule has 2 rings (SSSR count). The molecule has 0 aliphatic rings. The van der Waals surface area contributed by atoms with Crippen molar-refractivity contribution in [1.82, 2.24) is 10.3 Å². The van der Waals surface area contributed by atoms with Crippen molar-refractivity contribution < 1.29 is 4.79 Å². The van der Waals surface area contributed by atoms with E-state index in [9.17, 15) is 9.59 Å². The Kier molecular flexibility index (Phi) is 4.58. The molecule has 0 saturated carbocycles. The maximum atomic E-state index is 12.1. The summed E-state index contributed by atoms with van der Waals surface area (Å²) in [6.45, 7) is 6.21. The van der Waals surface area contributed by atoms with E-state index < -0.39 is 0 Å². The topological polar surface area (TPSA) is 62.0 Å². The van der Waals surface area contributed by atoms with E-state index in [2.05, 4.69) is 36.3 Å². The third kappa shape index (κ3) is 3.81. The normalized spacial score (nSPS) is 12.2. The molecule has 0 bridgehead atoms. The number of H-pyrrole nitrogens is 1. The zero-order chi connectivity index (χ0) is 15.4. The zero-order valence-electron chi connectivity index (χ0n) is 12.5. The Morgan fingerprint density at radius 2 is 1.62 bits per heavy atom. The lowest BCUT2D eigenvalue weighted by molar-refractivity contribution is 0.0934. The first-order valence-corrected chi connectivity index (χ1v) is 7.07. The number of benzene rings is 1. The summed E-state index contributed by atoms with van der Waals surface area (Å²) in [5.74, 6) is 0.200. The number of carbonyl (C=O) groups excluding carboxylic acids is 1. The lowest BCUT2D eigenvalue weighted by Gasteiger charge is -2.15. The summed E-state index contributed by atoms with van der Waals surface area (Å²) >= 11 is 0. The lowest BCUT2D eigenvalue weighted by Crippen LogP contribution is -2.28. The Bertz CT molecular complexity index is 672. The lowest BCUT2D eigenvalue weighted by atomic mass is 9.99. The molecule has 0 radical (unpaired) electrons. The van der Waals surface area contributed by atoms with Crippen LogP contribution in [-0.2, 0) is 0 Å². The van der Waals surface area contributed by atoms with Crippen molar-refractivity contribution >= 4 is 5.91 Å². The van der Waals surface area contributed by atoms with Crippen LogP contribution in [0.3, 0.4) is 0 Å². The minimum absolute atomic E-state index is 0.123. The first-order valence-electron chi connectivity index (χ1n) is 7.07. The van der Waals surface area contributed by atoms with E-state index >= 15 is 0 Å². The molecule has 4 heteroatoms. The van der Waals surface area contributed by atoms with Crippen LogP contribution in [0.15, 0.2) is 47.3 Å². The highest BCUT2D eigenvalue weighted by Crippen LogP contribution is 2.18. The first-order chi connectivity index (χ1) is 9.97. The van der Waals surface area contributed by atoms with Crippen molar-refractivity contribution in [2.75, 3.05) is 0 Å². The Morgan fingerprint density at radius 1 is 1.00 bits per heavy atom. The van der Waals surface area contributed by atoms with Crippen LogP contribution in [0.25, 0.3) is 0 Å². The van der Waals surface area contributed by atoms with Gasteiger partial charge in [-0.3, -0.25) is 9.59 Å². The molecule has 2 aromatic rings. The molecule has 1 aromatic carbocycles. The molecule has 0 spiro atoms. The zero-order valence-corrected chi connectivity index (χ0v) is 12.5. The minimum Gasteiger partial charge on any atom is -0.344 e. The van der Waals surface area contributed by atoms with Gasteiger partial charge in [-0.05, 0) is 30.0 Å². The molecule has 1 unspecified atom stereocenters. The Balaban J connectivity index is 2.08. The Hall–Kier alpha value is -2.36. The number of rotatable bonds is 4. The van der Waals surface area contributed by atoms with Gasteiger partial charge < -0.3 is 10.3 Å². The second-order valence-corrected chi connectivity index (χ2v) is 5.45. The van der Waals surface area contributed by atoms with E-state index in [-0.39, 0.29) is 23.2 Å². The van der Waals surface area contributed by atoms with Crippen molar-refractivity contribution in [3.8, 4) is 0 Å². The highest BCUT2D eigenvalue weighted by molar-refractivity contribution is 5.92. The molecule has 0 aliphatic heterocycles. The van der Waals surface area contributed by atoms with Gasteiger partial charge in [0.25, 0.3) is 5.91 Å². The van der Waals surface area contributed by atoms with Crippen LogP contribution in [0.2, 0.25) is 0 Å². The molecule has 2 N–H and O–H groups in total. The predicted octanol–water partition coefficient (Wildman–Crippen LogP) is 2.99. The van der Waals surface area contributed by atoms with Gasteiger partial charge in [0.1, 0.15) is 5.69 Å². The average molecular weight is 284 g/mol. The van der Waals surface area contributed by atoms with Crippen LogP contribution in [0.4, 0.5) is 0 Å². The Labute approximate surface area is 124 Å². The SMILES string of the molecule is CC(C)c1ccc(C(C)NC(=O)c2cccc(=O)[nH]2)cc1. The first kappa shape index (κ1) is 15.0. The summed E-state index contributed by atoms with van der Waals surface area (Å²) in [5, 5.41) is 2.88. The van der Waals surface area contributed by atoms with Crippen LogP contribution in [0.1, 0.15) is 54.3 Å². The van der Waals surface area contributed by atoms with E-state index in [1.807, 2.05) is 19.1 Å². The highest BCUT2D eigenvalue weighted by atomic mass is 16.2. The van der Waals surface area contributed by atoms with Gasteiger partial charge in [0.05, 0.1) is 6.04 Å². The predicted molar refractivity (Wildman–Crippen MR) is 83.5 cm³/mol. The van der Waals surface area contributed by atoms with E-state index in [0.29, 0.717) is 5.92 Å². The smallest absolute Gasteiger partial charge is 0.268 e. The van der Waals surface area contributed by atoms with Crippen molar-refractivity contribution in [2.24, 2.45) is 0 Å². The van der Waals surface area contributed by atoms with Gasteiger partial charge in [-0.15, -0.1) is 0 Å². The fourth-order valence-electron chi connectivity index (χ4n) is 2.11. The third-order valence-electron chi connectivity index (χ3n) is 3.46. The minimum atomic E-state index is -0.284. The van der Waals surface area contributed by atoms with E-state index in [1.165, 1.54) is 11.6 Å². The van der Waals surface area contributed by atoms with Gasteiger partial charge in [0.15, 0.2) is 0 Å². The van der Waals surface area contributed by atoms with Gasteiger partial charge in [0, 0.05) is 6.07 Å². The summed E-state index contributed by atoms with van der Waals surface area (Å²) in [7, 11) is 0. The largest absolute Gasteiger partial charge is 0.344 e. The van der Waals surface area contributed by atoms with Crippen LogP contribution in [0, 0.1) is 0 Å². The third-order valence-corrected chi connectivity index (χ3v) is 3.46. The number of hydrogen-bond donors (Lipinski definition) is 2. The summed E-state index contributed by atoms with van der Waals surface area (Å²) in [6.07, 6.45) is 0. The van der Waals surface area contributed by atoms with E-state index in [1.54, 1.807) is 12.1 Å². The second kappa shape index (κ2) is 6.39. The number of aromatic amines is 1. The summed E-state index contributed by atoms with van der Waals surface area (Å²) in [4.78, 5) is 25.8. The van der Waals surface area contributed by atoms with E-state index in [0.717, 1.165) is 5.56 Å². The van der Waals surface area contributed by atoms with Crippen LogP contribution >= 0.6 is 0 Å². The van der Waals surface area contributed by atoms with Gasteiger partial charge in [0.2, 0.25) is 5.56 Å². The number of nitrogens with one attached hydrogen (secondary N) is 2. The monoisotopic (exact) mass is 284 g/mol. The van der Waals surface area contributed by atoms with Crippen molar-refractivity contribution in [3.05, 3.63) is 69.6 Å². The molecule has 0 aliphatic carbocycles. The fourth-order valence-corrected chi connectivity index (χ4v) is 2.11. The maximum Gasteiger partial charge on any atom is 0.268 e. The van der Waals surface area contributed by atoms with Crippen molar-refractivity contribution in [3.63, 3.8) is 0 Å². The highest BCUT2D eigenvalue weighted by Gasteiger charge is 2.12. The molecular formula is C17H20N2O2. The molecule has 1 heterocycles. The average Bonchev–Trinajstić information content (AvgIpc) is 2.47. The molecule has 21 heavy (non-hydrogen) atoms. The number of carbonyl (C=O) groups is 1. The van der Waals surface area contributed by atoms with Gasteiger partial charge >= 0.3 is 0 Å². The standard InChI is InChI=1S/C17H20N2O2/c1-11(2)13-7-9-14(10-8-13)12(3)18-17(21)15-5-4-6-16(20)19-15/h4-12H,1-3H3,(H,18,21)(H,19,20). The molecule has 0 saturated heterocycles. The van der Waals surface area contributed by atoms with Crippen molar-refractivity contribution in [1.29, 1.82) is 0 Å². The number of hydrogen-bond acceptors (Lipinski definition) is 2. The second-order valence-electron chi connectivity index (χ2n) is 5.45. The molecule has 110 valence electrons. The van der Waals surface area contributed by atoms with Crippen LogP contribution < -0.4 is 10.9 Å². The molecule has 1 aromatic heterocycles. The summed E-state index contributed by atoms with van der Waals surface area (Å²) in [6, 6.07) is 12.6. The molecule has 1 amide bonds. The van der Waals surface area contributed by atoms with Crippen molar-refractivity contribution in [2.45, 2.75) is 32.7 Å². The summed E-state index contributed by atoms with van der Waals surface area (Å²) in [5.41, 5.74) is 2.29. The van der Waals surface area contributed by atoms with Gasteiger partial charge in [-0.1, -0.05) is 44.2 Å². The molecule has 1 atom stereocenters.